The first-order valence-electron chi connectivity index (χ1n) is 10.7. The second-order valence-electron chi connectivity index (χ2n) is 7.65. The lowest BCUT2D eigenvalue weighted by Crippen LogP contribution is -2.19. The van der Waals surface area contributed by atoms with Crippen molar-refractivity contribution in [1.29, 1.82) is 0 Å². The summed E-state index contributed by atoms with van der Waals surface area (Å²) >= 11 is 0. The van der Waals surface area contributed by atoms with Gasteiger partial charge in [0.05, 0.1) is 12.8 Å². The van der Waals surface area contributed by atoms with Crippen LogP contribution in [0.4, 0.5) is 5.82 Å². The number of ether oxygens (including phenoxy) is 1. The van der Waals surface area contributed by atoms with E-state index in [4.69, 9.17) is 15.1 Å². The van der Waals surface area contributed by atoms with Crippen LogP contribution in [-0.2, 0) is 0 Å². The molecule has 0 radical (unpaired) electrons. The summed E-state index contributed by atoms with van der Waals surface area (Å²) in [6, 6.07) is 15.0. The van der Waals surface area contributed by atoms with Crippen molar-refractivity contribution in [1.82, 2.24) is 30.7 Å². The van der Waals surface area contributed by atoms with Crippen molar-refractivity contribution in [3.05, 3.63) is 65.4 Å². The summed E-state index contributed by atoms with van der Waals surface area (Å²) in [6.45, 7) is 6.68. The Hall–Kier alpha value is -4.54. The van der Waals surface area contributed by atoms with Gasteiger partial charge in [-0.25, -0.2) is 10.1 Å². The van der Waals surface area contributed by atoms with Crippen LogP contribution in [0.5, 0.6) is 5.75 Å². The first kappa shape index (κ1) is 22.6. The van der Waals surface area contributed by atoms with Gasteiger partial charge in [0.2, 0.25) is 11.6 Å². The zero-order valence-electron chi connectivity index (χ0n) is 19.0. The first-order valence-corrected chi connectivity index (χ1v) is 10.7. The zero-order valence-corrected chi connectivity index (χ0v) is 19.0. The van der Waals surface area contributed by atoms with Crippen LogP contribution in [0.3, 0.4) is 0 Å². The number of hydrazone groups is 1. The van der Waals surface area contributed by atoms with Crippen molar-refractivity contribution in [3.63, 3.8) is 0 Å². The van der Waals surface area contributed by atoms with Crippen molar-refractivity contribution in [2.75, 3.05) is 12.3 Å². The van der Waals surface area contributed by atoms with Gasteiger partial charge in [0.1, 0.15) is 11.4 Å². The Balaban J connectivity index is 1.62. The molecule has 0 fully saturated rings. The van der Waals surface area contributed by atoms with E-state index in [0.717, 1.165) is 5.56 Å². The summed E-state index contributed by atoms with van der Waals surface area (Å²) in [5.41, 5.74) is 11.4. The Kier molecular flexibility index (Phi) is 6.62. The van der Waals surface area contributed by atoms with Gasteiger partial charge in [-0.1, -0.05) is 43.3 Å². The number of nitrogens with one attached hydrogen (secondary N) is 1. The number of aromatic nitrogens is 5. The molecular weight excluding hydrogens is 436 g/mol. The summed E-state index contributed by atoms with van der Waals surface area (Å²) in [4.78, 5) is 13.0. The number of benzene rings is 2. The predicted octanol–water partition coefficient (Wildman–Crippen LogP) is 3.19. The van der Waals surface area contributed by atoms with E-state index in [1.807, 2.05) is 31.2 Å². The van der Waals surface area contributed by atoms with Crippen molar-refractivity contribution >= 4 is 17.9 Å². The van der Waals surface area contributed by atoms with Crippen LogP contribution in [0.25, 0.3) is 17.1 Å². The van der Waals surface area contributed by atoms with E-state index in [1.54, 1.807) is 30.5 Å². The van der Waals surface area contributed by atoms with Crippen LogP contribution in [0.1, 0.15) is 48.3 Å². The molecular formula is C23H24N8O3. The highest BCUT2D eigenvalue weighted by molar-refractivity contribution is 5.98. The molecule has 4 rings (SSSR count). The molecule has 174 valence electrons. The van der Waals surface area contributed by atoms with Gasteiger partial charge in [0.25, 0.3) is 5.91 Å². The van der Waals surface area contributed by atoms with Gasteiger partial charge in [-0.2, -0.15) is 9.78 Å². The molecule has 2 aromatic heterocycles. The van der Waals surface area contributed by atoms with E-state index in [1.165, 1.54) is 10.2 Å². The van der Waals surface area contributed by atoms with Gasteiger partial charge in [-0.05, 0) is 58.5 Å². The molecule has 34 heavy (non-hydrogen) atoms. The summed E-state index contributed by atoms with van der Waals surface area (Å²) in [7, 11) is 0. The van der Waals surface area contributed by atoms with E-state index in [2.05, 4.69) is 45.0 Å². The minimum Gasteiger partial charge on any atom is -0.494 e. The van der Waals surface area contributed by atoms with Gasteiger partial charge in [-0.3, -0.25) is 4.79 Å². The topological polar surface area (TPSA) is 146 Å². The summed E-state index contributed by atoms with van der Waals surface area (Å²) in [6.07, 6.45) is 1.56. The van der Waals surface area contributed by atoms with Crippen molar-refractivity contribution in [3.8, 4) is 22.8 Å². The lowest BCUT2D eigenvalue weighted by molar-refractivity contribution is 0.0950. The fourth-order valence-electron chi connectivity index (χ4n) is 3.24. The number of carbonyl (C=O) groups excluding carboxylic acids is 1. The van der Waals surface area contributed by atoms with Crippen molar-refractivity contribution in [2.24, 2.45) is 5.10 Å². The fourth-order valence-corrected chi connectivity index (χ4v) is 3.24. The van der Waals surface area contributed by atoms with Gasteiger partial charge in [0, 0.05) is 5.56 Å². The molecule has 0 aliphatic carbocycles. The van der Waals surface area contributed by atoms with Gasteiger partial charge >= 0.3 is 0 Å². The molecule has 4 aromatic rings. The standard InChI is InChI=1S/C23H24N8O3/c1-4-33-18-11-9-17(10-12-18)20-19(26-30-31(20)22-21(24)28-34-29-22)23(32)27-25-13-15-5-7-16(8-6-15)14(2)3/h5-14H,4H2,1-3H3,(H2,24,28)(H,27,32). The number of hydrogen-bond acceptors (Lipinski definition) is 9. The largest absolute Gasteiger partial charge is 0.494 e. The lowest BCUT2D eigenvalue weighted by Gasteiger charge is -2.07. The molecule has 0 atom stereocenters. The second-order valence-corrected chi connectivity index (χ2v) is 7.65. The highest BCUT2D eigenvalue weighted by atomic mass is 16.6. The molecule has 0 bridgehead atoms. The zero-order chi connectivity index (χ0) is 24.1. The molecule has 0 aliphatic rings. The Morgan fingerprint density at radius 3 is 2.53 bits per heavy atom. The number of nitrogens with zero attached hydrogens (tertiary/aromatic N) is 6. The fraction of sp³-hybridized carbons (Fsp3) is 0.217. The summed E-state index contributed by atoms with van der Waals surface area (Å²) in [5.74, 6) is 0.687. The van der Waals surface area contributed by atoms with Crippen LogP contribution in [0, 0.1) is 0 Å². The maximum Gasteiger partial charge on any atom is 0.294 e. The average molecular weight is 460 g/mol. The highest BCUT2D eigenvalue weighted by Crippen LogP contribution is 2.28. The van der Waals surface area contributed by atoms with Crippen molar-refractivity contribution in [2.45, 2.75) is 26.7 Å². The molecule has 0 aliphatic heterocycles. The molecule has 0 saturated carbocycles. The van der Waals surface area contributed by atoms with E-state index in [0.29, 0.717) is 29.5 Å². The number of amides is 1. The molecule has 1 amide bonds. The van der Waals surface area contributed by atoms with Gasteiger partial charge in [0.15, 0.2) is 5.69 Å². The SMILES string of the molecule is CCOc1ccc(-c2c(C(=O)NN=Cc3ccc(C(C)C)cc3)nnn2-c2nonc2N)cc1. The average Bonchev–Trinajstić information content (AvgIpc) is 3.46. The smallest absolute Gasteiger partial charge is 0.294 e. The molecule has 3 N–H and O–H groups in total. The Morgan fingerprint density at radius 2 is 1.91 bits per heavy atom. The van der Waals surface area contributed by atoms with Crippen LogP contribution < -0.4 is 15.9 Å². The summed E-state index contributed by atoms with van der Waals surface area (Å²) < 4.78 is 11.5. The maximum absolute atomic E-state index is 13.0. The quantitative estimate of drug-likeness (QED) is 0.301. The van der Waals surface area contributed by atoms with Crippen LogP contribution in [0.15, 0.2) is 58.3 Å². The second kappa shape index (κ2) is 9.94. The van der Waals surface area contributed by atoms with E-state index in [-0.39, 0.29) is 17.3 Å². The number of anilines is 1. The molecule has 0 saturated heterocycles. The normalized spacial score (nSPS) is 11.3. The van der Waals surface area contributed by atoms with Crippen molar-refractivity contribution < 1.29 is 14.2 Å². The van der Waals surface area contributed by atoms with E-state index < -0.39 is 5.91 Å². The minimum absolute atomic E-state index is 0.00640. The number of nitrogens with two attached hydrogens (primary N) is 1. The van der Waals surface area contributed by atoms with Crippen LogP contribution >= 0.6 is 0 Å². The first-order chi connectivity index (χ1) is 16.5. The Labute approximate surface area is 195 Å². The third-order valence-corrected chi connectivity index (χ3v) is 5.00. The van der Waals surface area contributed by atoms with Gasteiger partial charge in [-0.15, -0.1) is 5.10 Å². The highest BCUT2D eigenvalue weighted by Gasteiger charge is 2.25. The van der Waals surface area contributed by atoms with E-state index >= 15 is 0 Å². The molecule has 11 nitrogen and oxygen atoms in total. The molecule has 11 heteroatoms. The van der Waals surface area contributed by atoms with Crippen LogP contribution in [-0.4, -0.2) is 44.0 Å². The van der Waals surface area contributed by atoms with E-state index in [9.17, 15) is 4.79 Å². The minimum atomic E-state index is -0.555. The maximum atomic E-state index is 13.0. The monoisotopic (exact) mass is 460 g/mol. The number of carbonyl (C=O) groups is 1. The Bertz CT molecular complexity index is 1290. The lowest BCUT2D eigenvalue weighted by atomic mass is 10.0. The number of hydrogen-bond donors (Lipinski definition) is 2. The third kappa shape index (κ3) is 4.77. The molecule has 0 unspecified atom stereocenters. The molecule has 2 aromatic carbocycles. The summed E-state index contributed by atoms with van der Waals surface area (Å²) in [5, 5.41) is 19.5. The third-order valence-electron chi connectivity index (χ3n) is 5.00. The number of nitrogen functional groups attached to an aromatic ring is 1. The molecule has 2 heterocycles. The molecule has 0 spiro atoms. The van der Waals surface area contributed by atoms with Gasteiger partial charge < -0.3 is 10.5 Å². The van der Waals surface area contributed by atoms with Crippen LogP contribution in [0.2, 0.25) is 0 Å². The Morgan fingerprint density at radius 1 is 1.18 bits per heavy atom. The predicted molar refractivity (Wildman–Crippen MR) is 126 cm³/mol. The number of rotatable bonds is 8.